The predicted octanol–water partition coefficient (Wildman–Crippen LogP) is 2.49. The second kappa shape index (κ2) is 8.50. The van der Waals surface area contributed by atoms with E-state index < -0.39 is 20.5 Å². The summed E-state index contributed by atoms with van der Waals surface area (Å²) in [6.45, 7) is 0.228. The maximum absolute atomic E-state index is 13.3. The molecular formula is C21H21N3O6S. The zero-order valence-corrected chi connectivity index (χ0v) is 17.3. The van der Waals surface area contributed by atoms with Crippen LogP contribution in [0.4, 0.5) is 0 Å². The fourth-order valence-electron chi connectivity index (χ4n) is 3.57. The van der Waals surface area contributed by atoms with Gasteiger partial charge in [-0.05, 0) is 61.4 Å². The molecule has 0 bridgehead atoms. The molecule has 2 aromatic carbocycles. The van der Waals surface area contributed by atoms with E-state index in [4.69, 9.17) is 14.7 Å². The van der Waals surface area contributed by atoms with Gasteiger partial charge in [-0.2, -0.15) is 0 Å². The van der Waals surface area contributed by atoms with E-state index in [2.05, 4.69) is 4.98 Å². The van der Waals surface area contributed by atoms with Gasteiger partial charge in [0.15, 0.2) is 14.6 Å². The first-order valence-electron chi connectivity index (χ1n) is 9.59. The molecule has 4 rings (SSSR count). The minimum atomic E-state index is -4.07. The number of nitrogens with zero attached hydrogens (tertiary/aromatic N) is 2. The zero-order valence-electron chi connectivity index (χ0n) is 16.5. The van der Waals surface area contributed by atoms with Crippen molar-refractivity contribution in [3.63, 3.8) is 0 Å². The lowest BCUT2D eigenvalue weighted by Gasteiger charge is -2.34. The van der Waals surface area contributed by atoms with Crippen molar-refractivity contribution in [2.75, 3.05) is 13.2 Å². The number of hydrogen-bond donors (Lipinski definition) is 2. The van der Waals surface area contributed by atoms with Crippen molar-refractivity contribution < 1.29 is 27.9 Å². The highest BCUT2D eigenvalue weighted by Gasteiger charge is 2.52. The van der Waals surface area contributed by atoms with E-state index in [0.717, 1.165) is 5.69 Å². The smallest absolute Gasteiger partial charge is 0.265 e. The first-order valence-corrected chi connectivity index (χ1v) is 11.1. The van der Waals surface area contributed by atoms with Gasteiger partial charge in [0, 0.05) is 31.3 Å². The second-order valence-corrected chi connectivity index (χ2v) is 9.35. The summed E-state index contributed by atoms with van der Waals surface area (Å²) in [5.74, 6) is 0.0797. The van der Waals surface area contributed by atoms with Gasteiger partial charge in [0.2, 0.25) is 0 Å². The summed E-state index contributed by atoms with van der Waals surface area (Å²) in [5.41, 5.74) is 2.43. The Morgan fingerprint density at radius 2 is 1.68 bits per heavy atom. The highest BCUT2D eigenvalue weighted by atomic mass is 32.2. The first-order chi connectivity index (χ1) is 15.0. The van der Waals surface area contributed by atoms with E-state index in [0.29, 0.717) is 11.5 Å². The summed E-state index contributed by atoms with van der Waals surface area (Å²) in [6, 6.07) is 13.2. The Morgan fingerprint density at radius 3 is 2.23 bits per heavy atom. The minimum absolute atomic E-state index is 0.0270. The molecule has 1 aromatic heterocycles. The van der Waals surface area contributed by atoms with E-state index >= 15 is 0 Å². The molecule has 0 unspecified atom stereocenters. The van der Waals surface area contributed by atoms with Gasteiger partial charge in [-0.3, -0.25) is 10.0 Å². The van der Waals surface area contributed by atoms with Crippen LogP contribution in [0.15, 0.2) is 72.1 Å². The van der Waals surface area contributed by atoms with Crippen LogP contribution in [0.2, 0.25) is 0 Å². The molecule has 0 saturated carbocycles. The predicted molar refractivity (Wildman–Crippen MR) is 110 cm³/mol. The maximum Gasteiger partial charge on any atom is 0.265 e. The average molecular weight is 443 g/mol. The Bertz CT molecular complexity index is 1140. The maximum atomic E-state index is 13.3. The third-order valence-electron chi connectivity index (χ3n) is 5.34. The van der Waals surface area contributed by atoms with Crippen LogP contribution < -0.4 is 10.2 Å². The number of imidazole rings is 1. The summed E-state index contributed by atoms with van der Waals surface area (Å²) in [5, 5.41) is 9.12. The molecular weight excluding hydrogens is 422 g/mol. The monoisotopic (exact) mass is 443 g/mol. The van der Waals surface area contributed by atoms with Crippen molar-refractivity contribution in [2.24, 2.45) is 0 Å². The summed E-state index contributed by atoms with van der Waals surface area (Å²) >= 11 is 0. The SMILES string of the molecule is O=C(NO)C1(S(=O)(=O)c2ccc(Oc3ccc(-n4ccnc4)cc3)cc2)CCOCC1. The highest BCUT2D eigenvalue weighted by molar-refractivity contribution is 7.93. The summed E-state index contributed by atoms with van der Waals surface area (Å²) in [7, 11) is -4.07. The fraction of sp³-hybridized carbons (Fsp3) is 0.238. The quantitative estimate of drug-likeness (QED) is 0.444. The summed E-state index contributed by atoms with van der Waals surface area (Å²) < 4.78 is 37.6. The fourth-order valence-corrected chi connectivity index (χ4v) is 5.51. The Hall–Kier alpha value is -3.21. The molecule has 2 N–H and O–H groups in total. The molecule has 0 aliphatic carbocycles. The van der Waals surface area contributed by atoms with Gasteiger partial charge in [0.05, 0.1) is 11.2 Å². The Labute approximate surface area is 179 Å². The molecule has 1 aliphatic heterocycles. The Kier molecular flexibility index (Phi) is 5.77. The largest absolute Gasteiger partial charge is 0.457 e. The van der Waals surface area contributed by atoms with Crippen LogP contribution in [-0.4, -0.2) is 47.0 Å². The Morgan fingerprint density at radius 1 is 1.06 bits per heavy atom. The van der Waals surface area contributed by atoms with Gasteiger partial charge in [0.25, 0.3) is 5.91 Å². The van der Waals surface area contributed by atoms with E-state index in [-0.39, 0.29) is 31.0 Å². The van der Waals surface area contributed by atoms with E-state index in [1.165, 1.54) is 29.7 Å². The number of rotatable bonds is 6. The molecule has 1 fully saturated rings. The third-order valence-corrected chi connectivity index (χ3v) is 7.85. The van der Waals surface area contributed by atoms with Crippen molar-refractivity contribution in [3.8, 4) is 17.2 Å². The first kappa shape index (κ1) is 21.0. The second-order valence-electron chi connectivity index (χ2n) is 7.09. The molecule has 1 amide bonds. The molecule has 3 aromatic rings. The highest BCUT2D eigenvalue weighted by Crippen LogP contribution is 2.36. The lowest BCUT2D eigenvalue weighted by molar-refractivity contribution is -0.134. The molecule has 162 valence electrons. The van der Waals surface area contributed by atoms with Crippen LogP contribution in [0, 0.1) is 0 Å². The molecule has 1 aliphatic rings. The Balaban J connectivity index is 1.54. The van der Waals surface area contributed by atoms with E-state index in [9.17, 15) is 13.2 Å². The number of ether oxygens (including phenoxy) is 2. The number of hydroxylamine groups is 1. The number of hydrogen-bond acceptors (Lipinski definition) is 7. The van der Waals surface area contributed by atoms with E-state index in [1.807, 2.05) is 22.9 Å². The zero-order chi connectivity index (χ0) is 21.9. The van der Waals surface area contributed by atoms with Crippen LogP contribution in [0.1, 0.15) is 12.8 Å². The van der Waals surface area contributed by atoms with Crippen LogP contribution in [0.25, 0.3) is 5.69 Å². The lowest BCUT2D eigenvalue weighted by Crippen LogP contribution is -2.54. The van der Waals surface area contributed by atoms with Crippen molar-refractivity contribution in [3.05, 3.63) is 67.3 Å². The van der Waals surface area contributed by atoms with Gasteiger partial charge in [-0.15, -0.1) is 0 Å². The van der Waals surface area contributed by atoms with Crippen LogP contribution in [0.3, 0.4) is 0 Å². The molecule has 10 heteroatoms. The summed E-state index contributed by atoms with van der Waals surface area (Å²) in [4.78, 5) is 16.3. The van der Waals surface area contributed by atoms with Crippen molar-refractivity contribution in [2.45, 2.75) is 22.5 Å². The lowest BCUT2D eigenvalue weighted by atomic mass is 9.98. The molecule has 0 spiro atoms. The third kappa shape index (κ3) is 3.92. The number of carbonyl (C=O) groups is 1. The van der Waals surface area contributed by atoms with Gasteiger partial charge in [0.1, 0.15) is 11.5 Å². The number of benzene rings is 2. The number of sulfone groups is 1. The molecule has 31 heavy (non-hydrogen) atoms. The molecule has 9 nitrogen and oxygen atoms in total. The number of aromatic nitrogens is 2. The van der Waals surface area contributed by atoms with Gasteiger partial charge < -0.3 is 14.0 Å². The molecule has 0 radical (unpaired) electrons. The van der Waals surface area contributed by atoms with Crippen molar-refractivity contribution in [1.82, 2.24) is 15.0 Å². The standard InChI is InChI=1S/C21H21N3O6S/c25-20(23-26)21(9-13-29-14-10-21)31(27,28)19-7-5-18(6-8-19)30-17-3-1-16(2-4-17)24-12-11-22-15-24/h1-8,11-12,15,26H,9-10,13-14H2,(H,23,25). The number of nitrogens with one attached hydrogen (secondary N) is 1. The number of amides is 1. The van der Waals surface area contributed by atoms with Crippen molar-refractivity contribution in [1.29, 1.82) is 0 Å². The molecule has 1 saturated heterocycles. The van der Waals surface area contributed by atoms with E-state index in [1.54, 1.807) is 24.7 Å². The van der Waals surface area contributed by atoms with Gasteiger partial charge in [-0.25, -0.2) is 18.9 Å². The van der Waals surface area contributed by atoms with Gasteiger partial charge in [-0.1, -0.05) is 0 Å². The van der Waals surface area contributed by atoms with Crippen LogP contribution >= 0.6 is 0 Å². The number of carbonyl (C=O) groups excluding carboxylic acids is 1. The topological polar surface area (TPSA) is 120 Å². The minimum Gasteiger partial charge on any atom is -0.457 e. The molecule has 2 heterocycles. The normalized spacial score (nSPS) is 15.9. The van der Waals surface area contributed by atoms with Crippen molar-refractivity contribution >= 4 is 15.7 Å². The summed E-state index contributed by atoms with van der Waals surface area (Å²) in [6.07, 6.45) is 5.13. The van der Waals surface area contributed by atoms with Crippen LogP contribution in [-0.2, 0) is 19.4 Å². The average Bonchev–Trinajstić information content (AvgIpc) is 3.35. The van der Waals surface area contributed by atoms with Gasteiger partial charge >= 0.3 is 0 Å². The van der Waals surface area contributed by atoms with Crippen LogP contribution in [0.5, 0.6) is 11.5 Å². The molecule has 0 atom stereocenters.